The first kappa shape index (κ1) is 22.3. The molecule has 0 spiro atoms. The minimum Gasteiger partial charge on any atom is -0.349 e. The summed E-state index contributed by atoms with van der Waals surface area (Å²) in [6.07, 6.45) is 3.81. The molecule has 0 saturated heterocycles. The van der Waals surface area contributed by atoms with E-state index in [4.69, 9.17) is 0 Å². The number of carbonyl (C=O) groups is 2. The monoisotopic (exact) mass is 455 g/mol. The van der Waals surface area contributed by atoms with E-state index in [1.165, 1.54) is 0 Å². The maximum absolute atomic E-state index is 13.9. The van der Waals surface area contributed by atoms with E-state index in [2.05, 4.69) is 0 Å². The van der Waals surface area contributed by atoms with Gasteiger partial charge in [0, 0.05) is 47.1 Å². The van der Waals surface area contributed by atoms with Gasteiger partial charge in [0.05, 0.1) is 0 Å². The average Bonchev–Trinajstić information content (AvgIpc) is 2.94. The molecule has 0 bridgehead atoms. The van der Waals surface area contributed by atoms with Crippen LogP contribution in [-0.2, 0) is 6.54 Å². The zero-order valence-corrected chi connectivity index (χ0v) is 19.2. The predicted molar refractivity (Wildman–Crippen MR) is 139 cm³/mol. The molecule has 3 nitrogen and oxygen atoms in total. The van der Waals surface area contributed by atoms with Gasteiger partial charge in [-0.15, -0.1) is 0 Å². The molecular formula is C32H25NO2. The van der Waals surface area contributed by atoms with Crippen molar-refractivity contribution in [3.05, 3.63) is 167 Å². The lowest BCUT2D eigenvalue weighted by Crippen LogP contribution is -2.28. The van der Waals surface area contributed by atoms with Gasteiger partial charge in [0.2, 0.25) is 0 Å². The van der Waals surface area contributed by atoms with Crippen LogP contribution in [0.15, 0.2) is 145 Å². The summed E-state index contributed by atoms with van der Waals surface area (Å²) in [6.45, 7) is 0.555. The number of benzene rings is 4. The molecule has 0 radical (unpaired) electrons. The van der Waals surface area contributed by atoms with E-state index in [0.29, 0.717) is 28.8 Å². The van der Waals surface area contributed by atoms with E-state index >= 15 is 0 Å². The fourth-order valence-corrected chi connectivity index (χ4v) is 4.49. The smallest absolute Gasteiger partial charge is 0.191 e. The van der Waals surface area contributed by atoms with E-state index in [1.807, 2.05) is 139 Å². The molecule has 35 heavy (non-hydrogen) atoms. The number of nitrogens with zero attached hydrogens (tertiary/aromatic N) is 1. The third kappa shape index (κ3) is 4.90. The summed E-state index contributed by atoms with van der Waals surface area (Å²) in [4.78, 5) is 29.7. The Morgan fingerprint density at radius 3 is 1.40 bits per heavy atom. The molecule has 0 unspecified atom stereocenters. The van der Waals surface area contributed by atoms with Gasteiger partial charge in [0.1, 0.15) is 0 Å². The van der Waals surface area contributed by atoms with Crippen molar-refractivity contribution in [2.24, 2.45) is 0 Å². The lowest BCUT2D eigenvalue weighted by atomic mass is 9.78. The lowest BCUT2D eigenvalue weighted by Gasteiger charge is -2.31. The summed E-state index contributed by atoms with van der Waals surface area (Å²) in [6, 6.07) is 38.4. The van der Waals surface area contributed by atoms with Crippen LogP contribution >= 0.6 is 0 Å². The van der Waals surface area contributed by atoms with Gasteiger partial charge in [0.25, 0.3) is 0 Å². The zero-order valence-electron chi connectivity index (χ0n) is 19.2. The Balaban J connectivity index is 1.65. The van der Waals surface area contributed by atoms with Crippen molar-refractivity contribution in [1.82, 2.24) is 4.90 Å². The van der Waals surface area contributed by atoms with Crippen LogP contribution in [0.2, 0.25) is 0 Å². The predicted octanol–water partition coefficient (Wildman–Crippen LogP) is 6.82. The molecular weight excluding hydrogens is 430 g/mol. The van der Waals surface area contributed by atoms with Crippen molar-refractivity contribution in [2.45, 2.75) is 12.5 Å². The fourth-order valence-electron chi connectivity index (χ4n) is 4.49. The third-order valence-corrected chi connectivity index (χ3v) is 6.17. The van der Waals surface area contributed by atoms with Crippen LogP contribution in [0, 0.1) is 0 Å². The van der Waals surface area contributed by atoms with Crippen molar-refractivity contribution >= 4 is 11.6 Å². The number of rotatable bonds is 7. The van der Waals surface area contributed by atoms with Crippen LogP contribution in [0.25, 0.3) is 0 Å². The average molecular weight is 456 g/mol. The molecule has 0 aliphatic carbocycles. The summed E-state index contributed by atoms with van der Waals surface area (Å²) < 4.78 is 0. The maximum Gasteiger partial charge on any atom is 0.191 e. The summed E-state index contributed by atoms with van der Waals surface area (Å²) in [5.41, 5.74) is 4.38. The highest BCUT2D eigenvalue weighted by molar-refractivity contribution is 6.15. The molecule has 0 amide bonds. The third-order valence-electron chi connectivity index (χ3n) is 6.17. The minimum absolute atomic E-state index is 0.0797. The van der Waals surface area contributed by atoms with Gasteiger partial charge < -0.3 is 4.90 Å². The highest BCUT2D eigenvalue weighted by Crippen LogP contribution is 2.39. The Labute approximate surface area is 205 Å². The van der Waals surface area contributed by atoms with Crippen LogP contribution in [0.3, 0.4) is 0 Å². The first-order chi connectivity index (χ1) is 17.2. The molecule has 0 aromatic heterocycles. The second kappa shape index (κ2) is 10.2. The molecule has 4 aromatic carbocycles. The lowest BCUT2D eigenvalue weighted by molar-refractivity contribution is 0.101. The number of Topliss-reactive ketones (excluding diaryl/α,β-unsaturated/α-hetero) is 2. The fraction of sp³-hybridized carbons (Fsp3) is 0.0625. The topological polar surface area (TPSA) is 37.4 Å². The number of allylic oxidation sites excluding steroid dienone is 2. The second-order valence-electron chi connectivity index (χ2n) is 8.56. The SMILES string of the molecule is O=C(C1=CN(Cc2ccccc2)C=C(C(=O)c2ccccc2)C1c1ccccc1)c1ccccc1. The van der Waals surface area contributed by atoms with Crippen molar-refractivity contribution in [3.8, 4) is 0 Å². The Morgan fingerprint density at radius 1 is 0.543 bits per heavy atom. The normalized spacial score (nSPS) is 13.7. The quantitative estimate of drug-likeness (QED) is 0.287. The number of hydrogen-bond acceptors (Lipinski definition) is 3. The van der Waals surface area contributed by atoms with Gasteiger partial charge in [-0.05, 0) is 11.1 Å². The van der Waals surface area contributed by atoms with Crippen molar-refractivity contribution in [3.63, 3.8) is 0 Å². The molecule has 0 atom stereocenters. The summed E-state index contributed by atoms with van der Waals surface area (Å²) in [7, 11) is 0. The minimum atomic E-state index is -0.469. The molecule has 5 rings (SSSR count). The Kier molecular flexibility index (Phi) is 6.49. The Morgan fingerprint density at radius 2 is 0.943 bits per heavy atom. The largest absolute Gasteiger partial charge is 0.349 e. The van der Waals surface area contributed by atoms with Crippen LogP contribution < -0.4 is 0 Å². The zero-order chi connectivity index (χ0) is 24.0. The van der Waals surface area contributed by atoms with E-state index in [-0.39, 0.29) is 11.6 Å². The van der Waals surface area contributed by atoms with Gasteiger partial charge >= 0.3 is 0 Å². The Bertz CT molecular complexity index is 1310. The van der Waals surface area contributed by atoms with Crippen LogP contribution in [0.1, 0.15) is 37.8 Å². The van der Waals surface area contributed by atoms with Crippen LogP contribution in [0.5, 0.6) is 0 Å². The van der Waals surface area contributed by atoms with Crippen molar-refractivity contribution in [2.75, 3.05) is 0 Å². The number of ketones is 2. The van der Waals surface area contributed by atoms with E-state index < -0.39 is 5.92 Å². The maximum atomic E-state index is 13.9. The molecule has 1 aliphatic rings. The number of carbonyl (C=O) groups excluding carboxylic acids is 2. The van der Waals surface area contributed by atoms with Gasteiger partial charge in [-0.25, -0.2) is 0 Å². The number of hydrogen-bond donors (Lipinski definition) is 0. The molecule has 1 aliphatic heterocycles. The van der Waals surface area contributed by atoms with E-state index in [1.54, 1.807) is 0 Å². The molecule has 0 N–H and O–H groups in total. The first-order valence-electron chi connectivity index (χ1n) is 11.7. The second-order valence-corrected chi connectivity index (χ2v) is 8.56. The van der Waals surface area contributed by atoms with Gasteiger partial charge in [-0.3, -0.25) is 9.59 Å². The summed E-state index contributed by atoms with van der Waals surface area (Å²) in [5, 5.41) is 0. The van der Waals surface area contributed by atoms with E-state index in [0.717, 1.165) is 11.1 Å². The molecule has 3 heteroatoms. The summed E-state index contributed by atoms with van der Waals surface area (Å²) in [5.74, 6) is -0.628. The van der Waals surface area contributed by atoms with Crippen molar-refractivity contribution in [1.29, 1.82) is 0 Å². The van der Waals surface area contributed by atoms with Crippen molar-refractivity contribution < 1.29 is 9.59 Å². The van der Waals surface area contributed by atoms with Crippen LogP contribution in [0.4, 0.5) is 0 Å². The molecule has 0 saturated carbocycles. The first-order valence-corrected chi connectivity index (χ1v) is 11.7. The Hall–Kier alpha value is -4.50. The van der Waals surface area contributed by atoms with E-state index in [9.17, 15) is 9.59 Å². The highest BCUT2D eigenvalue weighted by Gasteiger charge is 2.34. The standard InChI is InChI=1S/C32H25NO2/c34-31(26-17-9-3-10-18-26)28-22-33(21-24-13-5-1-6-14-24)23-29(30(28)25-15-7-2-8-16-25)32(35)27-19-11-4-12-20-27/h1-20,22-23,30H,21H2. The van der Waals surface area contributed by atoms with Gasteiger partial charge in [-0.2, -0.15) is 0 Å². The molecule has 0 fully saturated rings. The highest BCUT2D eigenvalue weighted by atomic mass is 16.1. The van der Waals surface area contributed by atoms with Gasteiger partial charge in [-0.1, -0.05) is 121 Å². The summed E-state index contributed by atoms with van der Waals surface area (Å²) >= 11 is 0. The molecule has 1 heterocycles. The molecule has 170 valence electrons. The molecule has 4 aromatic rings. The van der Waals surface area contributed by atoms with Gasteiger partial charge in [0.15, 0.2) is 11.6 Å². The van der Waals surface area contributed by atoms with Crippen LogP contribution in [-0.4, -0.2) is 16.5 Å².